The summed E-state index contributed by atoms with van der Waals surface area (Å²) < 4.78 is 38.5. The van der Waals surface area contributed by atoms with Crippen molar-refractivity contribution in [2.24, 2.45) is 0 Å². The predicted molar refractivity (Wildman–Crippen MR) is 99.5 cm³/mol. The summed E-state index contributed by atoms with van der Waals surface area (Å²) >= 11 is 0. The third kappa shape index (κ3) is 6.24. The van der Waals surface area contributed by atoms with Crippen molar-refractivity contribution in [3.63, 3.8) is 0 Å². The first-order valence-electron chi connectivity index (χ1n) is 8.26. The fourth-order valence-electron chi connectivity index (χ4n) is 2.55. The Hall–Kier alpha value is -2.25. The van der Waals surface area contributed by atoms with Crippen LogP contribution in [-0.4, -0.2) is 38.0 Å². The molecule has 1 amide bonds. The number of hydrogen-bond donors (Lipinski definition) is 1. The Morgan fingerprint density at radius 1 is 1.15 bits per heavy atom. The van der Waals surface area contributed by atoms with Crippen LogP contribution in [0, 0.1) is 12.7 Å². The molecule has 2 aromatic carbocycles. The number of carbonyl (C=O) groups is 1. The average molecular weight is 378 g/mol. The molecule has 140 valence electrons. The maximum atomic E-state index is 13.1. The van der Waals surface area contributed by atoms with Gasteiger partial charge in [0.15, 0.2) is 0 Å². The molecular formula is C19H23FN2O3S. The minimum atomic E-state index is -3.41. The van der Waals surface area contributed by atoms with E-state index >= 15 is 0 Å². The molecule has 0 bridgehead atoms. The molecule has 0 spiro atoms. The Bertz CT molecular complexity index is 869. The van der Waals surface area contributed by atoms with Gasteiger partial charge in [0.2, 0.25) is 15.9 Å². The second-order valence-corrected chi connectivity index (χ2v) is 8.16. The van der Waals surface area contributed by atoms with E-state index in [-0.39, 0.29) is 32.0 Å². The summed E-state index contributed by atoms with van der Waals surface area (Å²) in [5.41, 5.74) is 2.50. The zero-order valence-electron chi connectivity index (χ0n) is 14.9. The third-order valence-electron chi connectivity index (χ3n) is 4.01. The van der Waals surface area contributed by atoms with Crippen molar-refractivity contribution in [3.8, 4) is 0 Å². The lowest BCUT2D eigenvalue weighted by Gasteiger charge is -2.21. The first-order chi connectivity index (χ1) is 12.3. The van der Waals surface area contributed by atoms with Crippen molar-refractivity contribution >= 4 is 15.9 Å². The van der Waals surface area contributed by atoms with Crippen LogP contribution in [0.5, 0.6) is 0 Å². The van der Waals surface area contributed by atoms with E-state index in [1.165, 1.54) is 16.4 Å². The third-order valence-corrected chi connectivity index (χ3v) is 5.26. The smallest absolute Gasteiger partial charge is 0.224 e. The summed E-state index contributed by atoms with van der Waals surface area (Å²) in [6, 6.07) is 13.4. The van der Waals surface area contributed by atoms with E-state index in [0.717, 1.165) is 17.4 Å². The lowest BCUT2D eigenvalue weighted by molar-refractivity contribution is -0.120. The monoisotopic (exact) mass is 378 g/mol. The van der Waals surface area contributed by atoms with Crippen LogP contribution in [0.15, 0.2) is 48.5 Å². The molecule has 0 aliphatic rings. The summed E-state index contributed by atoms with van der Waals surface area (Å²) in [6.45, 7) is 2.54. The molecule has 0 aromatic heterocycles. The number of amides is 1. The molecule has 0 radical (unpaired) electrons. The number of carbonyl (C=O) groups excluding carboxylic acids is 1. The van der Waals surface area contributed by atoms with E-state index in [4.69, 9.17) is 0 Å². The molecule has 0 unspecified atom stereocenters. The molecule has 7 heteroatoms. The van der Waals surface area contributed by atoms with Crippen molar-refractivity contribution in [2.75, 3.05) is 19.3 Å². The Morgan fingerprint density at radius 2 is 1.88 bits per heavy atom. The van der Waals surface area contributed by atoms with Gasteiger partial charge in [0.25, 0.3) is 0 Å². The number of nitrogens with one attached hydrogen (secondary N) is 1. The standard InChI is InChI=1S/C19H23FN2O3S/c1-15-6-3-4-8-17(15)14-22(26(2,24)25)11-10-21-19(23)13-16-7-5-9-18(20)12-16/h3-9,12H,10-11,13-14H2,1-2H3,(H,21,23). The molecule has 0 aliphatic heterocycles. The molecule has 1 N–H and O–H groups in total. The van der Waals surface area contributed by atoms with Gasteiger partial charge in [-0.1, -0.05) is 36.4 Å². The molecule has 0 heterocycles. The Labute approximate surface area is 153 Å². The van der Waals surface area contributed by atoms with Gasteiger partial charge >= 0.3 is 0 Å². The Kier molecular flexibility index (Phi) is 6.88. The lowest BCUT2D eigenvalue weighted by Crippen LogP contribution is -2.38. The molecule has 0 aliphatic carbocycles. The predicted octanol–water partition coefficient (Wildman–Crippen LogP) is 2.25. The van der Waals surface area contributed by atoms with Crippen molar-refractivity contribution in [2.45, 2.75) is 19.9 Å². The second-order valence-electron chi connectivity index (χ2n) is 6.18. The molecule has 5 nitrogen and oxygen atoms in total. The minimum Gasteiger partial charge on any atom is -0.354 e. The highest BCUT2D eigenvalue weighted by Crippen LogP contribution is 2.12. The number of aryl methyl sites for hydroxylation is 1. The summed E-state index contributed by atoms with van der Waals surface area (Å²) in [6.07, 6.45) is 1.20. The fourth-order valence-corrected chi connectivity index (χ4v) is 3.35. The number of nitrogens with zero attached hydrogens (tertiary/aromatic N) is 1. The summed E-state index contributed by atoms with van der Waals surface area (Å²) in [4.78, 5) is 12.0. The number of hydrogen-bond acceptors (Lipinski definition) is 3. The first kappa shape index (κ1) is 20.1. The van der Waals surface area contributed by atoms with Crippen LogP contribution in [0.2, 0.25) is 0 Å². The van der Waals surface area contributed by atoms with Gasteiger partial charge in [-0.25, -0.2) is 12.8 Å². The maximum Gasteiger partial charge on any atom is 0.224 e. The van der Waals surface area contributed by atoms with Gasteiger partial charge < -0.3 is 5.32 Å². The highest BCUT2D eigenvalue weighted by molar-refractivity contribution is 7.88. The zero-order valence-corrected chi connectivity index (χ0v) is 15.7. The van der Waals surface area contributed by atoms with Crippen LogP contribution >= 0.6 is 0 Å². The van der Waals surface area contributed by atoms with Crippen molar-refractivity contribution in [1.29, 1.82) is 0 Å². The van der Waals surface area contributed by atoms with E-state index in [1.807, 2.05) is 31.2 Å². The fraction of sp³-hybridized carbons (Fsp3) is 0.316. The topological polar surface area (TPSA) is 66.5 Å². The van der Waals surface area contributed by atoms with E-state index in [9.17, 15) is 17.6 Å². The summed E-state index contributed by atoms with van der Waals surface area (Å²) in [7, 11) is -3.41. The van der Waals surface area contributed by atoms with Crippen LogP contribution in [0.4, 0.5) is 4.39 Å². The van der Waals surface area contributed by atoms with Crippen LogP contribution < -0.4 is 5.32 Å². The summed E-state index contributed by atoms with van der Waals surface area (Å²) in [5.74, 6) is -0.670. The highest BCUT2D eigenvalue weighted by atomic mass is 32.2. The first-order valence-corrected chi connectivity index (χ1v) is 10.1. The molecular weight excluding hydrogens is 355 g/mol. The summed E-state index contributed by atoms with van der Waals surface area (Å²) in [5, 5.41) is 2.69. The second kappa shape index (κ2) is 8.91. The van der Waals surface area contributed by atoms with Crippen LogP contribution in [0.3, 0.4) is 0 Å². The van der Waals surface area contributed by atoms with Crippen molar-refractivity contribution in [3.05, 3.63) is 71.0 Å². The molecule has 0 atom stereocenters. The van der Waals surface area contributed by atoms with Gasteiger partial charge in [0.1, 0.15) is 5.82 Å². The van der Waals surface area contributed by atoms with Gasteiger partial charge in [0, 0.05) is 19.6 Å². The number of halogens is 1. The number of benzene rings is 2. The quantitative estimate of drug-likeness (QED) is 0.766. The van der Waals surface area contributed by atoms with Crippen LogP contribution in [0.25, 0.3) is 0 Å². The van der Waals surface area contributed by atoms with E-state index < -0.39 is 15.8 Å². The van der Waals surface area contributed by atoms with Crippen molar-refractivity contribution in [1.82, 2.24) is 9.62 Å². The van der Waals surface area contributed by atoms with E-state index in [1.54, 1.807) is 12.1 Å². The lowest BCUT2D eigenvalue weighted by atomic mass is 10.1. The van der Waals surface area contributed by atoms with Crippen LogP contribution in [0.1, 0.15) is 16.7 Å². The molecule has 0 saturated carbocycles. The normalized spacial score (nSPS) is 11.5. The zero-order chi connectivity index (χ0) is 19.2. The molecule has 2 rings (SSSR count). The van der Waals surface area contributed by atoms with Gasteiger partial charge in [-0.2, -0.15) is 4.31 Å². The van der Waals surface area contributed by atoms with Gasteiger partial charge in [-0.05, 0) is 35.7 Å². The van der Waals surface area contributed by atoms with Crippen LogP contribution in [-0.2, 0) is 27.8 Å². The van der Waals surface area contributed by atoms with Crippen molar-refractivity contribution < 1.29 is 17.6 Å². The molecule has 2 aromatic rings. The minimum absolute atomic E-state index is 0.0500. The Balaban J connectivity index is 1.91. The highest BCUT2D eigenvalue weighted by Gasteiger charge is 2.18. The maximum absolute atomic E-state index is 13.1. The Morgan fingerprint density at radius 3 is 2.54 bits per heavy atom. The SMILES string of the molecule is Cc1ccccc1CN(CCNC(=O)Cc1cccc(F)c1)S(C)(=O)=O. The van der Waals surface area contributed by atoms with Gasteiger partial charge in [0.05, 0.1) is 12.7 Å². The average Bonchev–Trinajstić information content (AvgIpc) is 2.54. The van der Waals surface area contributed by atoms with E-state index in [0.29, 0.717) is 5.56 Å². The molecule has 0 fully saturated rings. The number of sulfonamides is 1. The van der Waals surface area contributed by atoms with Gasteiger partial charge in [-0.15, -0.1) is 0 Å². The number of rotatable bonds is 8. The van der Waals surface area contributed by atoms with Gasteiger partial charge in [-0.3, -0.25) is 4.79 Å². The largest absolute Gasteiger partial charge is 0.354 e. The van der Waals surface area contributed by atoms with E-state index in [2.05, 4.69) is 5.32 Å². The molecule has 0 saturated heterocycles. The molecule has 26 heavy (non-hydrogen) atoms.